The van der Waals surface area contributed by atoms with E-state index in [0.29, 0.717) is 0 Å². The van der Waals surface area contributed by atoms with Gasteiger partial charge in [-0.15, -0.1) is 11.8 Å². The van der Waals surface area contributed by atoms with Gasteiger partial charge in [0.15, 0.2) is 0 Å². The molecule has 0 aliphatic carbocycles. The summed E-state index contributed by atoms with van der Waals surface area (Å²) in [6.45, 7) is 9.91. The molecule has 0 bridgehead atoms. The van der Waals surface area contributed by atoms with Gasteiger partial charge in [-0.2, -0.15) is 0 Å². The third-order valence-corrected chi connectivity index (χ3v) is 3.10. The SMILES string of the molecule is [CH2]CC#CCCCC(CC)CCCCC[CH2]. The van der Waals surface area contributed by atoms with Crippen LogP contribution in [-0.4, -0.2) is 0 Å². The molecular formula is C16H28. The maximum absolute atomic E-state index is 3.88. The van der Waals surface area contributed by atoms with E-state index < -0.39 is 0 Å². The summed E-state index contributed by atoms with van der Waals surface area (Å²) in [6, 6.07) is 0. The molecule has 0 saturated heterocycles. The highest BCUT2D eigenvalue weighted by molar-refractivity contribution is 4.99. The van der Waals surface area contributed by atoms with Gasteiger partial charge >= 0.3 is 0 Å². The highest BCUT2D eigenvalue weighted by Crippen LogP contribution is 2.19. The molecule has 0 aromatic carbocycles. The van der Waals surface area contributed by atoms with Crippen molar-refractivity contribution in [1.82, 2.24) is 0 Å². The summed E-state index contributed by atoms with van der Waals surface area (Å²) in [5, 5.41) is 0. The molecular weight excluding hydrogens is 192 g/mol. The second kappa shape index (κ2) is 12.6. The van der Waals surface area contributed by atoms with E-state index >= 15 is 0 Å². The Balaban J connectivity index is 3.43. The predicted octanol–water partition coefficient (Wildman–Crippen LogP) is 5.20. The molecule has 92 valence electrons. The van der Waals surface area contributed by atoms with E-state index in [4.69, 9.17) is 0 Å². The Hall–Kier alpha value is -0.440. The van der Waals surface area contributed by atoms with Gasteiger partial charge in [-0.1, -0.05) is 52.4 Å². The van der Waals surface area contributed by atoms with Crippen LogP contribution in [0.4, 0.5) is 0 Å². The van der Waals surface area contributed by atoms with Gasteiger partial charge in [-0.25, -0.2) is 0 Å². The lowest BCUT2D eigenvalue weighted by Gasteiger charge is -2.13. The summed E-state index contributed by atoms with van der Waals surface area (Å²) in [5.41, 5.74) is 0. The number of unbranched alkanes of at least 4 members (excludes halogenated alkanes) is 4. The van der Waals surface area contributed by atoms with Crippen molar-refractivity contribution in [2.24, 2.45) is 5.92 Å². The second-order valence-electron chi connectivity index (χ2n) is 4.47. The first-order valence-electron chi connectivity index (χ1n) is 6.89. The maximum Gasteiger partial charge on any atom is 0.00890 e. The lowest BCUT2D eigenvalue weighted by Crippen LogP contribution is -1.98. The van der Waals surface area contributed by atoms with E-state index in [9.17, 15) is 0 Å². The molecule has 0 rings (SSSR count). The number of hydrogen-bond donors (Lipinski definition) is 0. The smallest absolute Gasteiger partial charge is 0.00890 e. The minimum atomic E-state index is 0.752. The summed E-state index contributed by atoms with van der Waals surface area (Å²) in [7, 11) is 0. The van der Waals surface area contributed by atoms with Crippen LogP contribution in [0.1, 0.15) is 71.1 Å². The van der Waals surface area contributed by atoms with Gasteiger partial charge < -0.3 is 0 Å². The van der Waals surface area contributed by atoms with E-state index in [1.807, 2.05) is 0 Å². The fraction of sp³-hybridized carbons (Fsp3) is 0.750. The molecule has 0 aromatic rings. The summed E-state index contributed by atoms with van der Waals surface area (Å²) < 4.78 is 0. The van der Waals surface area contributed by atoms with Crippen LogP contribution in [0.15, 0.2) is 0 Å². The normalized spacial score (nSPS) is 11.9. The quantitative estimate of drug-likeness (QED) is 0.370. The van der Waals surface area contributed by atoms with Gasteiger partial charge in [0.1, 0.15) is 0 Å². The molecule has 1 unspecified atom stereocenters. The molecule has 1 atom stereocenters. The van der Waals surface area contributed by atoms with E-state index in [1.54, 1.807) is 0 Å². The van der Waals surface area contributed by atoms with Crippen molar-refractivity contribution in [3.63, 3.8) is 0 Å². The molecule has 0 aliphatic rings. The summed E-state index contributed by atoms with van der Waals surface area (Å²) in [5.74, 6) is 7.12. The lowest BCUT2D eigenvalue weighted by molar-refractivity contribution is 0.406. The van der Waals surface area contributed by atoms with Crippen molar-refractivity contribution in [3.05, 3.63) is 13.8 Å². The van der Waals surface area contributed by atoms with Crippen LogP contribution < -0.4 is 0 Å². The van der Waals surface area contributed by atoms with E-state index in [2.05, 4.69) is 32.6 Å². The largest absolute Gasteiger partial charge is 0.103 e. The van der Waals surface area contributed by atoms with Gasteiger partial charge in [0.2, 0.25) is 0 Å². The Morgan fingerprint density at radius 3 is 2.31 bits per heavy atom. The van der Waals surface area contributed by atoms with Gasteiger partial charge in [-0.3, -0.25) is 0 Å². The summed E-state index contributed by atoms with van der Waals surface area (Å²) in [6.07, 6.45) is 12.3. The molecule has 0 amide bonds. The third-order valence-electron chi connectivity index (χ3n) is 3.10. The fourth-order valence-corrected chi connectivity index (χ4v) is 2.00. The van der Waals surface area contributed by atoms with Crippen molar-refractivity contribution < 1.29 is 0 Å². The van der Waals surface area contributed by atoms with Gasteiger partial charge in [-0.05, 0) is 25.7 Å². The molecule has 16 heavy (non-hydrogen) atoms. The zero-order valence-corrected chi connectivity index (χ0v) is 11.1. The molecule has 0 aromatic heterocycles. The first kappa shape index (κ1) is 15.6. The Morgan fingerprint density at radius 2 is 1.69 bits per heavy atom. The Kier molecular flexibility index (Phi) is 12.3. The predicted molar refractivity (Wildman–Crippen MR) is 73.8 cm³/mol. The van der Waals surface area contributed by atoms with Crippen LogP contribution in [-0.2, 0) is 0 Å². The minimum absolute atomic E-state index is 0.752. The molecule has 0 heterocycles. The zero-order valence-electron chi connectivity index (χ0n) is 11.1. The first-order valence-corrected chi connectivity index (χ1v) is 6.89. The standard InChI is InChI=1S/C16H28/c1-4-7-9-11-13-15-16(6-3)14-12-10-8-5-2/h16H,1-2,4-6,8,10-15H2,3H3. The van der Waals surface area contributed by atoms with Crippen molar-refractivity contribution in [1.29, 1.82) is 0 Å². The molecule has 0 spiro atoms. The van der Waals surface area contributed by atoms with Crippen molar-refractivity contribution >= 4 is 0 Å². The molecule has 0 aliphatic heterocycles. The topological polar surface area (TPSA) is 0 Å². The minimum Gasteiger partial charge on any atom is -0.103 e. The lowest BCUT2D eigenvalue weighted by atomic mass is 9.93. The summed E-state index contributed by atoms with van der Waals surface area (Å²) in [4.78, 5) is 0. The van der Waals surface area contributed by atoms with E-state index in [-0.39, 0.29) is 0 Å². The average Bonchev–Trinajstić information content (AvgIpc) is 2.31. The average molecular weight is 220 g/mol. The van der Waals surface area contributed by atoms with Gasteiger partial charge in [0.25, 0.3) is 0 Å². The van der Waals surface area contributed by atoms with Crippen molar-refractivity contribution in [3.8, 4) is 11.8 Å². The zero-order chi connectivity index (χ0) is 12.1. The van der Waals surface area contributed by atoms with Crippen molar-refractivity contribution in [2.75, 3.05) is 0 Å². The Bertz CT molecular complexity index is 182. The third kappa shape index (κ3) is 10.1. The summed E-state index contributed by atoms with van der Waals surface area (Å²) >= 11 is 0. The maximum atomic E-state index is 3.88. The van der Waals surface area contributed by atoms with Crippen LogP contribution in [0.25, 0.3) is 0 Å². The number of rotatable bonds is 9. The molecule has 2 radical (unpaired) electrons. The molecule has 0 N–H and O–H groups in total. The van der Waals surface area contributed by atoms with Crippen molar-refractivity contribution in [2.45, 2.75) is 71.1 Å². The molecule has 0 heteroatoms. The van der Waals surface area contributed by atoms with Crippen LogP contribution >= 0.6 is 0 Å². The molecule has 0 fully saturated rings. The molecule has 0 nitrogen and oxygen atoms in total. The van der Waals surface area contributed by atoms with Gasteiger partial charge in [0, 0.05) is 12.8 Å². The Morgan fingerprint density at radius 1 is 0.938 bits per heavy atom. The van der Waals surface area contributed by atoms with Crippen LogP contribution in [0.3, 0.4) is 0 Å². The van der Waals surface area contributed by atoms with Crippen LogP contribution in [0.5, 0.6) is 0 Å². The van der Waals surface area contributed by atoms with Crippen LogP contribution in [0.2, 0.25) is 0 Å². The van der Waals surface area contributed by atoms with Gasteiger partial charge in [0.05, 0.1) is 0 Å². The highest BCUT2D eigenvalue weighted by Gasteiger charge is 2.04. The van der Waals surface area contributed by atoms with Crippen LogP contribution in [0, 0.1) is 31.6 Å². The second-order valence-corrected chi connectivity index (χ2v) is 4.47. The fourth-order valence-electron chi connectivity index (χ4n) is 2.00. The monoisotopic (exact) mass is 220 g/mol. The van der Waals surface area contributed by atoms with E-state index in [0.717, 1.165) is 25.2 Å². The highest BCUT2D eigenvalue weighted by atomic mass is 14.1. The Labute approximate surface area is 103 Å². The molecule has 0 saturated carbocycles. The number of hydrogen-bond acceptors (Lipinski definition) is 0. The first-order chi connectivity index (χ1) is 7.85. The van der Waals surface area contributed by atoms with E-state index in [1.165, 1.54) is 44.9 Å².